The summed E-state index contributed by atoms with van der Waals surface area (Å²) in [6.07, 6.45) is 1.73. The predicted molar refractivity (Wildman–Crippen MR) is 90.2 cm³/mol. The van der Waals surface area contributed by atoms with Crippen LogP contribution in [0.25, 0.3) is 11.4 Å². The third kappa shape index (κ3) is 2.73. The van der Waals surface area contributed by atoms with Crippen molar-refractivity contribution in [2.24, 2.45) is 0 Å². The molecule has 4 heterocycles. The Morgan fingerprint density at radius 1 is 1.46 bits per heavy atom. The Morgan fingerprint density at radius 2 is 2.33 bits per heavy atom. The van der Waals surface area contributed by atoms with Gasteiger partial charge in [-0.25, -0.2) is 0 Å². The highest BCUT2D eigenvalue weighted by Crippen LogP contribution is 2.30. The minimum atomic E-state index is 0.00210. The molecule has 124 valence electrons. The van der Waals surface area contributed by atoms with Gasteiger partial charge in [0, 0.05) is 24.0 Å². The molecule has 0 unspecified atom stereocenters. The van der Waals surface area contributed by atoms with Crippen LogP contribution in [0.2, 0.25) is 0 Å². The number of hydrogen-bond acceptors (Lipinski definition) is 8. The summed E-state index contributed by atoms with van der Waals surface area (Å²) in [4.78, 5) is 19.4. The van der Waals surface area contributed by atoms with E-state index in [4.69, 9.17) is 4.52 Å². The first kappa shape index (κ1) is 15.4. The molecule has 1 fully saturated rings. The van der Waals surface area contributed by atoms with Gasteiger partial charge < -0.3 is 9.42 Å². The van der Waals surface area contributed by atoms with E-state index in [1.807, 2.05) is 16.8 Å². The summed E-state index contributed by atoms with van der Waals surface area (Å²) < 4.78 is 9.27. The Hall–Kier alpha value is -2.13. The van der Waals surface area contributed by atoms with Gasteiger partial charge in [-0.2, -0.15) is 16.3 Å². The minimum Gasteiger partial charge on any atom is -0.339 e. The van der Waals surface area contributed by atoms with E-state index >= 15 is 0 Å². The lowest BCUT2D eigenvalue weighted by Gasteiger charge is -2.36. The van der Waals surface area contributed by atoms with Crippen LogP contribution in [0, 0.1) is 0 Å². The van der Waals surface area contributed by atoms with Crippen LogP contribution in [0.15, 0.2) is 21.3 Å². The number of carbonyl (C=O) groups excluding carboxylic acids is 1. The van der Waals surface area contributed by atoms with Crippen molar-refractivity contribution < 1.29 is 9.32 Å². The van der Waals surface area contributed by atoms with Crippen molar-refractivity contribution in [3.8, 4) is 11.4 Å². The quantitative estimate of drug-likeness (QED) is 0.695. The number of rotatable bonds is 5. The Kier molecular flexibility index (Phi) is 4.11. The Labute approximate surface area is 146 Å². The molecular weight excluding hydrogens is 346 g/mol. The van der Waals surface area contributed by atoms with Gasteiger partial charge in [-0.15, -0.1) is 5.10 Å². The largest absolute Gasteiger partial charge is 0.339 e. The number of carbonyl (C=O) groups is 1. The number of thiophene rings is 1. The van der Waals surface area contributed by atoms with Gasteiger partial charge in [0.1, 0.15) is 4.88 Å². The molecule has 1 aliphatic heterocycles. The van der Waals surface area contributed by atoms with Gasteiger partial charge in [-0.1, -0.05) is 23.0 Å². The maximum Gasteiger partial charge on any atom is 0.267 e. The molecule has 3 aromatic rings. The molecule has 0 bridgehead atoms. The highest BCUT2D eigenvalue weighted by Gasteiger charge is 2.37. The molecule has 7 nitrogen and oxygen atoms in total. The molecule has 1 saturated heterocycles. The summed E-state index contributed by atoms with van der Waals surface area (Å²) in [6.45, 7) is 3.25. The fraction of sp³-hybridized carbons (Fsp3) is 0.400. The van der Waals surface area contributed by atoms with Gasteiger partial charge in [0.15, 0.2) is 0 Å². The van der Waals surface area contributed by atoms with E-state index in [1.54, 1.807) is 16.2 Å². The number of aromatic nitrogens is 4. The molecule has 1 amide bonds. The molecule has 0 atom stereocenters. The lowest BCUT2D eigenvalue weighted by Crippen LogP contribution is -2.48. The van der Waals surface area contributed by atoms with E-state index in [0.717, 1.165) is 24.1 Å². The van der Waals surface area contributed by atoms with E-state index in [1.165, 1.54) is 11.5 Å². The second kappa shape index (κ2) is 6.40. The third-order valence-electron chi connectivity index (χ3n) is 3.98. The van der Waals surface area contributed by atoms with Crippen LogP contribution < -0.4 is 0 Å². The topological polar surface area (TPSA) is 85.0 Å². The van der Waals surface area contributed by atoms with Crippen molar-refractivity contribution in [3.63, 3.8) is 0 Å². The van der Waals surface area contributed by atoms with Crippen LogP contribution in [0.3, 0.4) is 0 Å². The summed E-state index contributed by atoms with van der Waals surface area (Å²) in [6, 6.07) is 1.96. The third-order valence-corrected chi connectivity index (χ3v) is 5.42. The van der Waals surface area contributed by atoms with Gasteiger partial charge >= 0.3 is 0 Å². The molecule has 0 radical (unpaired) electrons. The van der Waals surface area contributed by atoms with Gasteiger partial charge in [0.05, 0.1) is 11.6 Å². The molecule has 4 rings (SSSR count). The van der Waals surface area contributed by atoms with Crippen LogP contribution >= 0.6 is 22.9 Å². The van der Waals surface area contributed by atoms with Crippen LogP contribution in [0.5, 0.6) is 0 Å². The highest BCUT2D eigenvalue weighted by molar-refractivity contribution is 7.08. The standard InChI is InChI=1S/C15H15N5O2S2/c1-2-3-11-12(24-19-17-11)15(21)20-6-10(7-20)14-16-13(18-22-14)9-4-5-23-8-9/h4-5,8,10H,2-3,6-7H2,1H3. The fourth-order valence-electron chi connectivity index (χ4n) is 2.63. The maximum atomic E-state index is 12.5. The second-order valence-corrected chi connectivity index (χ2v) is 7.21. The first-order valence-electron chi connectivity index (χ1n) is 7.73. The van der Waals surface area contributed by atoms with Gasteiger partial charge in [0.25, 0.3) is 5.91 Å². The van der Waals surface area contributed by atoms with Crippen molar-refractivity contribution in [1.82, 2.24) is 24.6 Å². The summed E-state index contributed by atoms with van der Waals surface area (Å²) in [5, 5.41) is 12.0. The highest BCUT2D eigenvalue weighted by atomic mass is 32.1. The zero-order valence-electron chi connectivity index (χ0n) is 13.0. The molecule has 0 aliphatic carbocycles. The van der Waals surface area contributed by atoms with Crippen LogP contribution in [-0.4, -0.2) is 43.6 Å². The van der Waals surface area contributed by atoms with Gasteiger partial charge in [0.2, 0.25) is 11.7 Å². The Morgan fingerprint density at radius 3 is 3.08 bits per heavy atom. The van der Waals surface area contributed by atoms with Crippen LogP contribution in [0.1, 0.15) is 40.5 Å². The maximum absolute atomic E-state index is 12.5. The van der Waals surface area contributed by atoms with E-state index in [0.29, 0.717) is 29.7 Å². The molecule has 3 aromatic heterocycles. The summed E-state index contributed by atoms with van der Waals surface area (Å²) in [5.41, 5.74) is 1.76. The monoisotopic (exact) mass is 361 g/mol. The van der Waals surface area contributed by atoms with E-state index in [2.05, 4.69) is 26.7 Å². The second-order valence-electron chi connectivity index (χ2n) is 5.67. The number of aryl methyl sites for hydroxylation is 1. The van der Waals surface area contributed by atoms with Crippen LogP contribution in [-0.2, 0) is 6.42 Å². The zero-order valence-corrected chi connectivity index (χ0v) is 14.6. The van der Waals surface area contributed by atoms with Crippen molar-refractivity contribution >= 4 is 28.8 Å². The Balaban J connectivity index is 1.41. The molecular formula is C15H15N5O2S2. The first-order valence-corrected chi connectivity index (χ1v) is 9.44. The molecule has 0 saturated carbocycles. The number of hydrogen-bond donors (Lipinski definition) is 0. The lowest BCUT2D eigenvalue weighted by atomic mass is 9.99. The van der Waals surface area contributed by atoms with Crippen molar-refractivity contribution in [2.45, 2.75) is 25.7 Å². The number of amides is 1. The van der Waals surface area contributed by atoms with Crippen molar-refractivity contribution in [2.75, 3.05) is 13.1 Å². The molecule has 0 aromatic carbocycles. The SMILES string of the molecule is CCCc1nnsc1C(=O)N1CC(c2nc(-c3ccsc3)no2)C1. The summed E-state index contributed by atoms with van der Waals surface area (Å²) in [5.74, 6) is 1.30. The normalized spacial score (nSPS) is 14.8. The minimum absolute atomic E-state index is 0.00210. The molecule has 1 aliphatic rings. The summed E-state index contributed by atoms with van der Waals surface area (Å²) >= 11 is 2.77. The van der Waals surface area contributed by atoms with Gasteiger partial charge in [-0.05, 0) is 29.4 Å². The summed E-state index contributed by atoms with van der Waals surface area (Å²) in [7, 11) is 0. The predicted octanol–water partition coefficient (Wildman–Crippen LogP) is 2.84. The van der Waals surface area contributed by atoms with E-state index < -0.39 is 0 Å². The van der Waals surface area contributed by atoms with Crippen LogP contribution in [0.4, 0.5) is 0 Å². The van der Waals surface area contributed by atoms with Crippen molar-refractivity contribution in [3.05, 3.63) is 33.3 Å². The molecule has 24 heavy (non-hydrogen) atoms. The van der Waals surface area contributed by atoms with Gasteiger partial charge in [-0.3, -0.25) is 4.79 Å². The number of nitrogens with zero attached hydrogens (tertiary/aromatic N) is 5. The smallest absolute Gasteiger partial charge is 0.267 e. The molecule has 9 heteroatoms. The first-order chi connectivity index (χ1) is 11.8. The lowest BCUT2D eigenvalue weighted by molar-refractivity contribution is 0.0573. The average molecular weight is 361 g/mol. The zero-order chi connectivity index (χ0) is 16.5. The number of likely N-dealkylation sites (tertiary alicyclic amines) is 1. The van der Waals surface area contributed by atoms with E-state index in [-0.39, 0.29) is 11.8 Å². The van der Waals surface area contributed by atoms with E-state index in [9.17, 15) is 4.79 Å². The Bertz CT molecular complexity index is 836. The fourth-order valence-corrected chi connectivity index (χ4v) is 3.94. The van der Waals surface area contributed by atoms with Crippen molar-refractivity contribution in [1.29, 1.82) is 0 Å². The average Bonchev–Trinajstić information content (AvgIpc) is 3.27. The molecule has 0 N–H and O–H groups in total. The molecule has 0 spiro atoms.